The van der Waals surface area contributed by atoms with Crippen molar-refractivity contribution in [2.45, 2.75) is 39.5 Å². The van der Waals surface area contributed by atoms with E-state index in [2.05, 4.69) is 0 Å². The number of esters is 1. The number of unbranched alkanes of at least 4 members (excludes halogenated alkanes) is 1. The highest BCUT2D eigenvalue weighted by molar-refractivity contribution is 5.77. The van der Waals surface area contributed by atoms with Gasteiger partial charge in [-0.3, -0.25) is 9.59 Å². The van der Waals surface area contributed by atoms with Crippen LogP contribution in [0.2, 0.25) is 0 Å². The van der Waals surface area contributed by atoms with Crippen LogP contribution in [-0.2, 0) is 16.6 Å². The van der Waals surface area contributed by atoms with Gasteiger partial charge in [-0.1, -0.05) is 19.4 Å². The van der Waals surface area contributed by atoms with Crippen LogP contribution in [0.4, 0.5) is 0 Å². The van der Waals surface area contributed by atoms with Gasteiger partial charge in [0.05, 0.1) is 12.5 Å². The minimum Gasteiger partial charge on any atom is -0.465 e. The number of aromatic nitrogens is 1. The van der Waals surface area contributed by atoms with E-state index in [4.69, 9.17) is 4.74 Å². The van der Waals surface area contributed by atoms with Gasteiger partial charge >= 0.3 is 5.97 Å². The molecule has 100 valence electrons. The van der Waals surface area contributed by atoms with Crippen molar-refractivity contribution < 1.29 is 9.53 Å². The van der Waals surface area contributed by atoms with Crippen LogP contribution in [0.25, 0.3) is 0 Å². The van der Waals surface area contributed by atoms with Crippen LogP contribution in [0, 0.1) is 6.92 Å². The van der Waals surface area contributed by atoms with E-state index in [1.165, 1.54) is 0 Å². The molecule has 0 aliphatic heterocycles. The topological polar surface area (TPSA) is 48.3 Å². The fraction of sp³-hybridized carbons (Fsp3) is 0.571. The van der Waals surface area contributed by atoms with Crippen LogP contribution in [0.1, 0.15) is 43.9 Å². The predicted octanol–water partition coefficient (Wildman–Crippen LogP) is 2.14. The highest BCUT2D eigenvalue weighted by atomic mass is 16.5. The summed E-state index contributed by atoms with van der Waals surface area (Å²) in [7, 11) is 1.70. The Morgan fingerprint density at radius 1 is 1.44 bits per heavy atom. The number of pyridine rings is 1. The Morgan fingerprint density at radius 3 is 2.72 bits per heavy atom. The van der Waals surface area contributed by atoms with Gasteiger partial charge in [0.1, 0.15) is 0 Å². The highest BCUT2D eigenvalue weighted by Gasteiger charge is 2.20. The summed E-state index contributed by atoms with van der Waals surface area (Å²) >= 11 is 0. The molecule has 0 aliphatic carbocycles. The van der Waals surface area contributed by atoms with Crippen molar-refractivity contribution in [3.63, 3.8) is 0 Å². The van der Waals surface area contributed by atoms with Crippen LogP contribution >= 0.6 is 0 Å². The first-order valence-corrected chi connectivity index (χ1v) is 6.32. The molecule has 1 atom stereocenters. The molecular weight excluding hydrogens is 230 g/mol. The van der Waals surface area contributed by atoms with Crippen molar-refractivity contribution in [3.05, 3.63) is 33.7 Å². The zero-order valence-corrected chi connectivity index (χ0v) is 11.5. The Hall–Kier alpha value is -1.58. The van der Waals surface area contributed by atoms with Crippen LogP contribution in [0.5, 0.6) is 0 Å². The maximum atomic E-state index is 12.0. The first-order chi connectivity index (χ1) is 8.49. The quantitative estimate of drug-likeness (QED) is 0.595. The van der Waals surface area contributed by atoms with E-state index >= 15 is 0 Å². The van der Waals surface area contributed by atoms with Crippen molar-refractivity contribution in [3.8, 4) is 0 Å². The lowest BCUT2D eigenvalue weighted by atomic mass is 10.0. The maximum absolute atomic E-state index is 12.0. The van der Waals surface area contributed by atoms with Gasteiger partial charge in [-0.05, 0) is 26.3 Å². The third kappa shape index (κ3) is 3.22. The minimum atomic E-state index is -0.513. The molecule has 1 unspecified atom stereocenters. The summed E-state index contributed by atoms with van der Waals surface area (Å²) in [6.07, 6.45) is 1.83. The molecule has 0 N–H and O–H groups in total. The Bertz CT molecular complexity index is 476. The lowest BCUT2D eigenvalue weighted by molar-refractivity contribution is -0.145. The van der Waals surface area contributed by atoms with E-state index < -0.39 is 5.92 Å². The third-order valence-corrected chi connectivity index (χ3v) is 3.15. The molecule has 0 saturated carbocycles. The van der Waals surface area contributed by atoms with E-state index in [1.807, 2.05) is 19.9 Å². The molecule has 0 amide bonds. The van der Waals surface area contributed by atoms with Gasteiger partial charge in [-0.25, -0.2) is 0 Å². The van der Waals surface area contributed by atoms with Crippen molar-refractivity contribution >= 4 is 5.97 Å². The number of aryl methyl sites for hydroxylation is 1. The van der Waals surface area contributed by atoms with Gasteiger partial charge in [-0.2, -0.15) is 0 Å². The number of hydrogen-bond donors (Lipinski definition) is 0. The summed E-state index contributed by atoms with van der Waals surface area (Å²) in [6.45, 7) is 6.02. The number of hydrogen-bond acceptors (Lipinski definition) is 3. The zero-order chi connectivity index (χ0) is 13.7. The number of ether oxygens (including phenoxy) is 1. The Labute approximate surface area is 108 Å². The summed E-state index contributed by atoms with van der Waals surface area (Å²) < 4.78 is 6.68. The average Bonchev–Trinajstić information content (AvgIpc) is 2.35. The summed E-state index contributed by atoms with van der Waals surface area (Å²) in [5.74, 6) is -0.842. The molecule has 0 radical (unpaired) electrons. The molecular formula is C14H21NO3. The third-order valence-electron chi connectivity index (χ3n) is 3.15. The van der Waals surface area contributed by atoms with E-state index in [1.54, 1.807) is 24.6 Å². The average molecular weight is 251 g/mol. The second-order valence-electron chi connectivity index (χ2n) is 4.54. The van der Waals surface area contributed by atoms with E-state index in [0.717, 1.165) is 18.5 Å². The molecule has 0 saturated heterocycles. The largest absolute Gasteiger partial charge is 0.465 e. The summed E-state index contributed by atoms with van der Waals surface area (Å²) in [4.78, 5) is 23.8. The fourth-order valence-corrected chi connectivity index (χ4v) is 1.65. The maximum Gasteiger partial charge on any atom is 0.313 e. The van der Waals surface area contributed by atoms with Gasteiger partial charge < -0.3 is 9.30 Å². The minimum absolute atomic E-state index is 0.130. The number of carbonyl (C=O) groups excluding carboxylic acids is 1. The molecule has 18 heavy (non-hydrogen) atoms. The molecule has 0 spiro atoms. The lowest BCUT2D eigenvalue weighted by Crippen LogP contribution is -2.27. The second kappa shape index (κ2) is 6.38. The van der Waals surface area contributed by atoms with Gasteiger partial charge in [0.25, 0.3) is 5.56 Å². The number of rotatable bonds is 5. The fourth-order valence-electron chi connectivity index (χ4n) is 1.65. The Morgan fingerprint density at radius 2 is 2.11 bits per heavy atom. The summed E-state index contributed by atoms with van der Waals surface area (Å²) in [6, 6.07) is 3.55. The number of carbonyl (C=O) groups is 1. The lowest BCUT2D eigenvalue weighted by Gasteiger charge is -2.13. The molecule has 4 heteroatoms. The Balaban J connectivity index is 2.84. The Kier molecular flexibility index (Phi) is 5.13. The molecule has 0 aliphatic rings. The normalized spacial score (nSPS) is 12.2. The van der Waals surface area contributed by atoms with E-state index in [9.17, 15) is 9.59 Å². The molecule has 0 fully saturated rings. The molecule has 1 aromatic rings. The van der Waals surface area contributed by atoms with Crippen molar-refractivity contribution in [2.75, 3.05) is 6.61 Å². The first kappa shape index (κ1) is 14.5. The van der Waals surface area contributed by atoms with Gasteiger partial charge in [0.2, 0.25) is 0 Å². The van der Waals surface area contributed by atoms with E-state index in [-0.39, 0.29) is 11.5 Å². The second-order valence-corrected chi connectivity index (χ2v) is 4.54. The number of nitrogens with zero attached hydrogens (tertiary/aromatic N) is 1. The highest BCUT2D eigenvalue weighted by Crippen LogP contribution is 2.13. The molecule has 1 heterocycles. The smallest absolute Gasteiger partial charge is 0.313 e. The monoisotopic (exact) mass is 251 g/mol. The summed E-state index contributed by atoms with van der Waals surface area (Å²) in [5, 5.41) is 0. The molecule has 1 aromatic heterocycles. The van der Waals surface area contributed by atoms with Gasteiger partial charge in [0.15, 0.2) is 0 Å². The molecule has 1 rings (SSSR count). The van der Waals surface area contributed by atoms with Crippen LogP contribution in [0.15, 0.2) is 16.9 Å². The SMILES string of the molecule is CCCCOC(=O)C(C)c1ccc(C)n(C)c1=O. The van der Waals surface area contributed by atoms with Crippen LogP contribution in [-0.4, -0.2) is 17.1 Å². The standard InChI is InChI=1S/C14H21NO3/c1-5-6-9-18-14(17)11(3)12-8-7-10(2)15(4)13(12)16/h7-8,11H,5-6,9H2,1-4H3. The van der Waals surface area contributed by atoms with Crippen LogP contribution in [0.3, 0.4) is 0 Å². The van der Waals surface area contributed by atoms with Crippen molar-refractivity contribution in [1.29, 1.82) is 0 Å². The molecule has 0 aromatic carbocycles. The zero-order valence-electron chi connectivity index (χ0n) is 11.5. The van der Waals surface area contributed by atoms with Crippen LogP contribution < -0.4 is 5.56 Å². The van der Waals surface area contributed by atoms with Gasteiger partial charge in [0, 0.05) is 18.3 Å². The van der Waals surface area contributed by atoms with Gasteiger partial charge in [-0.15, -0.1) is 0 Å². The summed E-state index contributed by atoms with van der Waals surface area (Å²) in [5.41, 5.74) is 1.23. The first-order valence-electron chi connectivity index (χ1n) is 6.32. The molecule has 0 bridgehead atoms. The van der Waals surface area contributed by atoms with E-state index in [0.29, 0.717) is 12.2 Å². The predicted molar refractivity (Wildman–Crippen MR) is 70.7 cm³/mol. The molecule has 4 nitrogen and oxygen atoms in total. The van der Waals surface area contributed by atoms with Crippen molar-refractivity contribution in [1.82, 2.24) is 4.57 Å². The van der Waals surface area contributed by atoms with Crippen molar-refractivity contribution in [2.24, 2.45) is 7.05 Å².